The molecule has 2 heterocycles. The molecule has 0 unspecified atom stereocenters. The number of esters is 1. The van der Waals surface area contributed by atoms with Gasteiger partial charge in [0.1, 0.15) is 22.9 Å². The van der Waals surface area contributed by atoms with E-state index in [0.29, 0.717) is 4.88 Å². The lowest BCUT2D eigenvalue weighted by Gasteiger charge is -2.04. The molecule has 0 atom stereocenters. The van der Waals surface area contributed by atoms with E-state index in [-0.39, 0.29) is 23.8 Å². The first kappa shape index (κ1) is 15.5. The van der Waals surface area contributed by atoms with Gasteiger partial charge < -0.3 is 9.84 Å². The quantitative estimate of drug-likeness (QED) is 0.878. The number of hydrogen-bond donors (Lipinski definition) is 1. The fraction of sp³-hybridized carbons (Fsp3) is 0.333. The summed E-state index contributed by atoms with van der Waals surface area (Å²) in [7, 11) is 1.20. The minimum absolute atomic E-state index is 0.131. The number of nitrogens with zero attached hydrogens (tertiary/aromatic N) is 2. The standard InChI is InChI=1S/C12H11F3N2O3S/c1-17-10(12(13,14)15)6-7(16-17)8-2-3-9(21-8)11(19)20-5-4-18/h2-3,6,18H,4-5H2,1H3. The lowest BCUT2D eigenvalue weighted by molar-refractivity contribution is -0.143. The van der Waals surface area contributed by atoms with E-state index < -0.39 is 17.8 Å². The first-order chi connectivity index (χ1) is 9.82. The average molecular weight is 320 g/mol. The van der Waals surface area contributed by atoms with Gasteiger partial charge in [0.2, 0.25) is 0 Å². The number of aromatic nitrogens is 2. The van der Waals surface area contributed by atoms with Gasteiger partial charge >= 0.3 is 12.1 Å². The monoisotopic (exact) mass is 320 g/mol. The van der Waals surface area contributed by atoms with Crippen LogP contribution in [0.15, 0.2) is 18.2 Å². The molecule has 0 fully saturated rings. The van der Waals surface area contributed by atoms with Crippen molar-refractivity contribution in [2.75, 3.05) is 13.2 Å². The molecule has 21 heavy (non-hydrogen) atoms. The number of rotatable bonds is 4. The van der Waals surface area contributed by atoms with Crippen molar-refractivity contribution in [3.05, 3.63) is 28.8 Å². The van der Waals surface area contributed by atoms with Gasteiger partial charge in [0, 0.05) is 7.05 Å². The third kappa shape index (κ3) is 3.42. The van der Waals surface area contributed by atoms with E-state index >= 15 is 0 Å². The molecule has 0 saturated heterocycles. The molecule has 2 aromatic rings. The molecule has 114 valence electrons. The maximum atomic E-state index is 12.7. The third-order valence-electron chi connectivity index (χ3n) is 2.55. The normalized spacial score (nSPS) is 11.7. The summed E-state index contributed by atoms with van der Waals surface area (Å²) in [5, 5.41) is 12.4. The zero-order valence-electron chi connectivity index (χ0n) is 10.8. The van der Waals surface area contributed by atoms with Crippen molar-refractivity contribution in [1.82, 2.24) is 9.78 Å². The van der Waals surface area contributed by atoms with Gasteiger partial charge in [-0.05, 0) is 18.2 Å². The number of carbonyl (C=O) groups excluding carboxylic acids is 1. The van der Waals surface area contributed by atoms with Crippen LogP contribution >= 0.6 is 11.3 Å². The smallest absolute Gasteiger partial charge is 0.433 e. The van der Waals surface area contributed by atoms with Crippen LogP contribution in [-0.4, -0.2) is 34.1 Å². The van der Waals surface area contributed by atoms with E-state index in [1.54, 1.807) is 0 Å². The van der Waals surface area contributed by atoms with Crippen LogP contribution in [0.1, 0.15) is 15.4 Å². The lowest BCUT2D eigenvalue weighted by Crippen LogP contribution is -2.11. The molecule has 0 saturated carbocycles. The predicted octanol–water partition coefficient (Wildman–Crippen LogP) is 2.32. The number of aliphatic hydroxyl groups excluding tert-OH is 1. The van der Waals surface area contributed by atoms with Crippen molar-refractivity contribution < 1.29 is 27.8 Å². The summed E-state index contributed by atoms with van der Waals surface area (Å²) in [4.78, 5) is 12.2. The van der Waals surface area contributed by atoms with Gasteiger partial charge in [-0.2, -0.15) is 18.3 Å². The highest BCUT2D eigenvalue weighted by Gasteiger charge is 2.35. The number of thiophene rings is 1. The number of halogens is 3. The van der Waals surface area contributed by atoms with E-state index in [0.717, 1.165) is 22.1 Å². The summed E-state index contributed by atoms with van der Waals surface area (Å²) in [6.07, 6.45) is -4.49. The first-order valence-electron chi connectivity index (χ1n) is 5.82. The Labute approximate surface area is 121 Å². The Morgan fingerprint density at radius 1 is 1.48 bits per heavy atom. The van der Waals surface area contributed by atoms with E-state index in [1.807, 2.05) is 0 Å². The maximum absolute atomic E-state index is 12.7. The molecule has 0 aliphatic heterocycles. The molecule has 1 N–H and O–H groups in total. The summed E-state index contributed by atoms with van der Waals surface area (Å²) in [6.45, 7) is -0.424. The van der Waals surface area contributed by atoms with Crippen molar-refractivity contribution in [3.8, 4) is 10.6 Å². The molecule has 0 aromatic carbocycles. The van der Waals surface area contributed by atoms with E-state index in [4.69, 9.17) is 9.84 Å². The fourth-order valence-corrected chi connectivity index (χ4v) is 2.50. The largest absolute Gasteiger partial charge is 0.459 e. The van der Waals surface area contributed by atoms with Crippen LogP contribution in [0.4, 0.5) is 13.2 Å². The molecule has 0 bridgehead atoms. The van der Waals surface area contributed by atoms with Gasteiger partial charge in [-0.25, -0.2) is 4.79 Å². The minimum atomic E-state index is -4.49. The highest BCUT2D eigenvalue weighted by atomic mass is 32.1. The van der Waals surface area contributed by atoms with Gasteiger partial charge in [-0.3, -0.25) is 4.68 Å². The Balaban J connectivity index is 2.24. The zero-order valence-corrected chi connectivity index (χ0v) is 11.7. The van der Waals surface area contributed by atoms with Crippen LogP contribution in [-0.2, 0) is 18.0 Å². The number of hydrogen-bond acceptors (Lipinski definition) is 5. The summed E-state index contributed by atoms with van der Waals surface area (Å²) < 4.78 is 43.6. The van der Waals surface area contributed by atoms with E-state index in [2.05, 4.69) is 5.10 Å². The molecule has 2 rings (SSSR count). The number of alkyl halides is 3. The molecule has 9 heteroatoms. The Kier molecular flexibility index (Phi) is 4.33. The second-order valence-electron chi connectivity index (χ2n) is 4.06. The highest BCUT2D eigenvalue weighted by Crippen LogP contribution is 2.34. The molecule has 0 radical (unpaired) electrons. The van der Waals surface area contributed by atoms with Gasteiger partial charge in [-0.1, -0.05) is 0 Å². The van der Waals surface area contributed by atoms with Gasteiger partial charge in [-0.15, -0.1) is 11.3 Å². The molecule has 5 nitrogen and oxygen atoms in total. The summed E-state index contributed by atoms with van der Waals surface area (Å²) in [5.41, 5.74) is -0.730. The van der Waals surface area contributed by atoms with E-state index in [1.165, 1.54) is 19.2 Å². The average Bonchev–Trinajstić information content (AvgIpc) is 3.01. The lowest BCUT2D eigenvalue weighted by atomic mass is 10.3. The second-order valence-corrected chi connectivity index (χ2v) is 5.14. The van der Waals surface area contributed by atoms with Crippen LogP contribution in [0.25, 0.3) is 10.6 Å². The molecular weight excluding hydrogens is 309 g/mol. The Morgan fingerprint density at radius 3 is 2.76 bits per heavy atom. The number of aliphatic hydroxyl groups is 1. The molecular formula is C12H11F3N2O3S. The minimum Gasteiger partial charge on any atom is -0.459 e. The topological polar surface area (TPSA) is 64.4 Å². The van der Waals surface area contributed by atoms with Crippen molar-refractivity contribution in [1.29, 1.82) is 0 Å². The maximum Gasteiger partial charge on any atom is 0.433 e. The Morgan fingerprint density at radius 2 is 2.19 bits per heavy atom. The Bertz CT molecular complexity index is 648. The third-order valence-corrected chi connectivity index (χ3v) is 3.64. The number of carbonyl (C=O) groups is 1. The summed E-state index contributed by atoms with van der Waals surface area (Å²) in [5.74, 6) is -0.632. The SMILES string of the molecule is Cn1nc(-c2ccc(C(=O)OCCO)s2)cc1C(F)(F)F. The molecule has 0 spiro atoms. The first-order valence-corrected chi connectivity index (χ1v) is 6.64. The summed E-state index contributed by atoms with van der Waals surface area (Å²) in [6, 6.07) is 3.87. The van der Waals surface area contributed by atoms with Crippen molar-refractivity contribution >= 4 is 17.3 Å². The number of ether oxygens (including phenoxy) is 1. The zero-order chi connectivity index (χ0) is 15.6. The van der Waals surface area contributed by atoms with Gasteiger partial charge in [0.05, 0.1) is 11.5 Å². The van der Waals surface area contributed by atoms with E-state index in [9.17, 15) is 18.0 Å². The second kappa shape index (κ2) is 5.86. The fourth-order valence-electron chi connectivity index (χ4n) is 1.65. The molecule has 0 aliphatic rings. The van der Waals surface area contributed by atoms with Crippen LogP contribution < -0.4 is 0 Å². The van der Waals surface area contributed by atoms with Gasteiger partial charge in [0.15, 0.2) is 0 Å². The van der Waals surface area contributed by atoms with Crippen LogP contribution in [0, 0.1) is 0 Å². The summed E-state index contributed by atoms with van der Waals surface area (Å²) >= 11 is 0.978. The van der Waals surface area contributed by atoms with Crippen LogP contribution in [0.2, 0.25) is 0 Å². The van der Waals surface area contributed by atoms with Crippen LogP contribution in [0.3, 0.4) is 0 Å². The molecule has 0 aliphatic carbocycles. The Hall–Kier alpha value is -1.87. The van der Waals surface area contributed by atoms with Crippen molar-refractivity contribution in [3.63, 3.8) is 0 Å². The molecule has 0 amide bonds. The molecule has 2 aromatic heterocycles. The predicted molar refractivity (Wildman–Crippen MR) is 68.9 cm³/mol. The number of aryl methyl sites for hydroxylation is 1. The van der Waals surface area contributed by atoms with Gasteiger partial charge in [0.25, 0.3) is 0 Å². The van der Waals surface area contributed by atoms with Crippen LogP contribution in [0.5, 0.6) is 0 Å². The van der Waals surface area contributed by atoms with Crippen molar-refractivity contribution in [2.45, 2.75) is 6.18 Å². The van der Waals surface area contributed by atoms with Crippen molar-refractivity contribution in [2.24, 2.45) is 7.05 Å². The highest BCUT2D eigenvalue weighted by molar-refractivity contribution is 7.17.